The molecule has 1 aromatic heterocycles. The third-order valence-electron chi connectivity index (χ3n) is 3.83. The number of nitrogens with zero attached hydrogens (tertiary/aromatic N) is 2. The second-order valence-electron chi connectivity index (χ2n) is 6.14. The quantitative estimate of drug-likeness (QED) is 0.501. The van der Waals surface area contributed by atoms with Crippen LogP contribution in [0.15, 0.2) is 52.4 Å². The SMILES string of the molecule is CC(C)n1c(SCC(=O)Nc2ccc(Cl)cc2F)nc2ccccc2c1=O. The van der Waals surface area contributed by atoms with Gasteiger partial charge in [-0.1, -0.05) is 35.5 Å². The Morgan fingerprint density at radius 3 is 2.74 bits per heavy atom. The number of carbonyl (C=O) groups excluding carboxylic acids is 1. The maximum Gasteiger partial charge on any atom is 0.262 e. The summed E-state index contributed by atoms with van der Waals surface area (Å²) in [6, 6.07) is 11.0. The van der Waals surface area contributed by atoms with Crippen LogP contribution in [0.1, 0.15) is 19.9 Å². The van der Waals surface area contributed by atoms with E-state index < -0.39 is 11.7 Å². The van der Waals surface area contributed by atoms with Crippen LogP contribution in [0, 0.1) is 5.82 Å². The van der Waals surface area contributed by atoms with E-state index in [2.05, 4.69) is 10.3 Å². The molecule has 0 saturated heterocycles. The second kappa shape index (κ2) is 8.10. The van der Waals surface area contributed by atoms with Crippen LogP contribution in [0.2, 0.25) is 5.02 Å². The topological polar surface area (TPSA) is 64.0 Å². The molecular weight excluding hydrogens is 389 g/mol. The fourth-order valence-corrected chi connectivity index (χ4v) is 3.68. The zero-order valence-corrected chi connectivity index (χ0v) is 16.3. The lowest BCUT2D eigenvalue weighted by Gasteiger charge is -2.16. The Morgan fingerprint density at radius 1 is 1.30 bits per heavy atom. The minimum absolute atomic E-state index is 0.0143. The van der Waals surface area contributed by atoms with E-state index in [9.17, 15) is 14.0 Å². The molecule has 1 N–H and O–H groups in total. The van der Waals surface area contributed by atoms with Gasteiger partial charge in [-0.05, 0) is 44.2 Å². The number of anilines is 1. The summed E-state index contributed by atoms with van der Waals surface area (Å²) in [5.41, 5.74) is 0.478. The third-order valence-corrected chi connectivity index (χ3v) is 5.02. The van der Waals surface area contributed by atoms with E-state index in [1.54, 1.807) is 28.8 Å². The number of fused-ring (bicyclic) bond motifs is 1. The first-order valence-corrected chi connectivity index (χ1v) is 9.62. The molecule has 0 bridgehead atoms. The smallest absolute Gasteiger partial charge is 0.262 e. The molecule has 1 amide bonds. The van der Waals surface area contributed by atoms with Crippen LogP contribution >= 0.6 is 23.4 Å². The molecular formula is C19H17ClFN3O2S. The van der Waals surface area contributed by atoms with Crippen molar-refractivity contribution in [1.82, 2.24) is 9.55 Å². The van der Waals surface area contributed by atoms with Crippen molar-refractivity contribution < 1.29 is 9.18 Å². The highest BCUT2D eigenvalue weighted by Gasteiger charge is 2.16. The van der Waals surface area contributed by atoms with Crippen LogP contribution in [0.4, 0.5) is 10.1 Å². The Labute approximate surface area is 164 Å². The first-order valence-electron chi connectivity index (χ1n) is 8.26. The molecule has 2 aromatic carbocycles. The van der Waals surface area contributed by atoms with Gasteiger partial charge in [0.05, 0.1) is 22.3 Å². The fraction of sp³-hybridized carbons (Fsp3) is 0.211. The van der Waals surface area contributed by atoms with Gasteiger partial charge in [0.2, 0.25) is 5.91 Å². The summed E-state index contributed by atoms with van der Waals surface area (Å²) in [4.78, 5) is 29.5. The fourth-order valence-electron chi connectivity index (χ4n) is 2.59. The van der Waals surface area contributed by atoms with Gasteiger partial charge in [-0.15, -0.1) is 0 Å². The number of halogens is 2. The second-order valence-corrected chi connectivity index (χ2v) is 7.52. The van der Waals surface area contributed by atoms with Gasteiger partial charge in [0, 0.05) is 11.1 Å². The largest absolute Gasteiger partial charge is 0.323 e. The van der Waals surface area contributed by atoms with E-state index in [1.165, 1.54) is 12.1 Å². The zero-order valence-electron chi connectivity index (χ0n) is 14.7. The number of rotatable bonds is 5. The van der Waals surface area contributed by atoms with E-state index in [1.807, 2.05) is 13.8 Å². The molecule has 5 nitrogen and oxygen atoms in total. The van der Waals surface area contributed by atoms with Crippen LogP contribution < -0.4 is 10.9 Å². The number of carbonyl (C=O) groups is 1. The standard InChI is InChI=1S/C19H17ClFN3O2S/c1-11(2)24-18(26)13-5-3-4-6-15(13)23-19(24)27-10-17(25)22-16-8-7-12(20)9-14(16)21/h3-9,11H,10H2,1-2H3,(H,22,25). The van der Waals surface area contributed by atoms with E-state index in [-0.39, 0.29) is 28.1 Å². The lowest BCUT2D eigenvalue weighted by atomic mass is 10.2. The number of aromatic nitrogens is 2. The normalized spacial score (nSPS) is 11.1. The van der Waals surface area contributed by atoms with Crippen LogP contribution in [-0.4, -0.2) is 21.2 Å². The zero-order chi connectivity index (χ0) is 19.6. The van der Waals surface area contributed by atoms with Crippen molar-refractivity contribution >= 4 is 45.9 Å². The number of thioether (sulfide) groups is 1. The summed E-state index contributed by atoms with van der Waals surface area (Å²) in [7, 11) is 0. The van der Waals surface area contributed by atoms with Crippen molar-refractivity contribution in [3.63, 3.8) is 0 Å². The summed E-state index contributed by atoms with van der Waals surface area (Å²) in [5.74, 6) is -1.03. The van der Waals surface area contributed by atoms with E-state index in [4.69, 9.17) is 11.6 Å². The predicted molar refractivity (Wildman–Crippen MR) is 107 cm³/mol. The van der Waals surface area contributed by atoms with Crippen molar-refractivity contribution in [2.24, 2.45) is 0 Å². The molecule has 0 fully saturated rings. The Balaban J connectivity index is 1.82. The molecule has 0 saturated carbocycles. The molecule has 3 rings (SSSR count). The van der Waals surface area contributed by atoms with Crippen molar-refractivity contribution in [2.45, 2.75) is 25.0 Å². The summed E-state index contributed by atoms with van der Waals surface area (Å²) < 4.78 is 15.4. The number of hydrogen-bond donors (Lipinski definition) is 1. The average Bonchev–Trinajstić information content (AvgIpc) is 2.62. The van der Waals surface area contributed by atoms with Gasteiger partial charge in [-0.3, -0.25) is 14.2 Å². The minimum atomic E-state index is -0.608. The summed E-state index contributed by atoms with van der Waals surface area (Å²) >= 11 is 6.84. The molecule has 0 spiro atoms. The lowest BCUT2D eigenvalue weighted by Crippen LogP contribution is -2.25. The van der Waals surface area contributed by atoms with Gasteiger partial charge < -0.3 is 5.32 Å². The van der Waals surface area contributed by atoms with Crippen LogP contribution in [0.25, 0.3) is 10.9 Å². The Bertz CT molecular complexity index is 1070. The molecule has 0 unspecified atom stereocenters. The molecule has 0 aliphatic heterocycles. The maximum atomic E-state index is 13.8. The van der Waals surface area contributed by atoms with Crippen LogP contribution in [0.5, 0.6) is 0 Å². The Morgan fingerprint density at radius 2 is 2.04 bits per heavy atom. The molecule has 8 heteroatoms. The molecule has 140 valence electrons. The average molecular weight is 406 g/mol. The van der Waals surface area contributed by atoms with Crippen molar-refractivity contribution in [1.29, 1.82) is 0 Å². The number of benzene rings is 2. The van der Waals surface area contributed by atoms with E-state index in [0.29, 0.717) is 16.1 Å². The van der Waals surface area contributed by atoms with Gasteiger partial charge >= 0.3 is 0 Å². The molecule has 27 heavy (non-hydrogen) atoms. The molecule has 0 aliphatic carbocycles. The third kappa shape index (κ3) is 4.31. The van der Waals surface area contributed by atoms with Gasteiger partial charge in [0.1, 0.15) is 5.82 Å². The van der Waals surface area contributed by atoms with Gasteiger partial charge in [0.25, 0.3) is 5.56 Å². The predicted octanol–water partition coefficient (Wildman–Crippen LogP) is 4.50. The van der Waals surface area contributed by atoms with Gasteiger partial charge in [0.15, 0.2) is 5.16 Å². The van der Waals surface area contributed by atoms with Crippen molar-refractivity contribution in [3.05, 3.63) is 63.7 Å². The summed E-state index contributed by atoms with van der Waals surface area (Å²) in [5, 5.41) is 3.73. The summed E-state index contributed by atoms with van der Waals surface area (Å²) in [6.07, 6.45) is 0. The van der Waals surface area contributed by atoms with Crippen LogP contribution in [0.3, 0.4) is 0 Å². The van der Waals surface area contributed by atoms with Gasteiger partial charge in [-0.25, -0.2) is 9.37 Å². The number of amides is 1. The van der Waals surface area contributed by atoms with E-state index in [0.717, 1.165) is 17.8 Å². The maximum absolute atomic E-state index is 13.8. The first-order chi connectivity index (χ1) is 12.9. The highest BCUT2D eigenvalue weighted by atomic mass is 35.5. The molecule has 3 aromatic rings. The van der Waals surface area contributed by atoms with Crippen molar-refractivity contribution in [2.75, 3.05) is 11.1 Å². The molecule has 0 radical (unpaired) electrons. The van der Waals surface area contributed by atoms with Crippen molar-refractivity contribution in [3.8, 4) is 0 Å². The lowest BCUT2D eigenvalue weighted by molar-refractivity contribution is -0.113. The van der Waals surface area contributed by atoms with E-state index >= 15 is 0 Å². The minimum Gasteiger partial charge on any atom is -0.323 e. The first kappa shape index (κ1) is 19.4. The molecule has 0 atom stereocenters. The Kier molecular flexibility index (Phi) is 5.82. The Hall–Kier alpha value is -2.38. The molecule has 0 aliphatic rings. The number of nitrogens with one attached hydrogen (secondary N) is 1. The number of para-hydroxylation sites is 1. The monoisotopic (exact) mass is 405 g/mol. The summed E-state index contributed by atoms with van der Waals surface area (Å²) in [6.45, 7) is 3.76. The van der Waals surface area contributed by atoms with Gasteiger partial charge in [-0.2, -0.15) is 0 Å². The highest BCUT2D eigenvalue weighted by Crippen LogP contribution is 2.22. The highest BCUT2D eigenvalue weighted by molar-refractivity contribution is 7.99. The van der Waals surface area contributed by atoms with Crippen LogP contribution in [-0.2, 0) is 4.79 Å². The number of hydrogen-bond acceptors (Lipinski definition) is 4. The molecule has 1 heterocycles.